The highest BCUT2D eigenvalue weighted by atomic mass is 32.1. The number of nitrogens with zero attached hydrogens (tertiary/aromatic N) is 2. The smallest absolute Gasteiger partial charge is 0.191 e. The molecule has 130 valence electrons. The van der Waals surface area contributed by atoms with Gasteiger partial charge in [-0.2, -0.15) is 0 Å². The second kappa shape index (κ2) is 8.20. The van der Waals surface area contributed by atoms with Gasteiger partial charge in [-0.25, -0.2) is 0 Å². The molecule has 2 aromatic rings. The fourth-order valence-corrected chi connectivity index (χ4v) is 3.23. The maximum Gasteiger partial charge on any atom is 0.191 e. The number of anilines is 1. The highest BCUT2D eigenvalue weighted by Crippen LogP contribution is 2.26. The lowest BCUT2D eigenvalue weighted by Crippen LogP contribution is -2.42. The molecule has 0 atom stereocenters. The van der Waals surface area contributed by atoms with Crippen molar-refractivity contribution in [2.24, 2.45) is 4.99 Å². The molecule has 2 N–H and O–H groups in total. The fraction of sp³-hybridized carbons (Fsp3) is 0.421. The summed E-state index contributed by atoms with van der Waals surface area (Å²) in [6, 6.07) is 12.8. The highest BCUT2D eigenvalue weighted by Gasteiger charge is 2.21. The van der Waals surface area contributed by atoms with E-state index in [0.717, 1.165) is 19.0 Å². The normalized spacial score (nSPS) is 12.1. The van der Waals surface area contributed by atoms with Crippen molar-refractivity contribution in [2.75, 3.05) is 32.6 Å². The molecule has 1 aromatic heterocycles. The van der Waals surface area contributed by atoms with Gasteiger partial charge < -0.3 is 15.5 Å². The van der Waals surface area contributed by atoms with Gasteiger partial charge in [-0.05, 0) is 29.1 Å². The van der Waals surface area contributed by atoms with Crippen molar-refractivity contribution in [1.82, 2.24) is 10.6 Å². The van der Waals surface area contributed by atoms with E-state index >= 15 is 0 Å². The average Bonchev–Trinajstić information content (AvgIpc) is 3.11. The lowest BCUT2D eigenvalue weighted by atomic mass is 9.91. The summed E-state index contributed by atoms with van der Waals surface area (Å²) in [5, 5.41) is 8.94. The van der Waals surface area contributed by atoms with Gasteiger partial charge in [0.2, 0.25) is 0 Å². The van der Waals surface area contributed by atoms with E-state index in [1.165, 1.54) is 16.1 Å². The lowest BCUT2D eigenvalue weighted by molar-refractivity contribution is 0.518. The van der Waals surface area contributed by atoms with Crippen molar-refractivity contribution in [3.05, 3.63) is 52.2 Å². The zero-order valence-electron chi connectivity index (χ0n) is 15.3. The van der Waals surface area contributed by atoms with E-state index in [9.17, 15) is 0 Å². The first-order chi connectivity index (χ1) is 11.4. The second-order valence-electron chi connectivity index (χ2n) is 6.70. The van der Waals surface area contributed by atoms with Crippen LogP contribution in [0, 0.1) is 0 Å². The summed E-state index contributed by atoms with van der Waals surface area (Å²) in [6.07, 6.45) is 0. The van der Waals surface area contributed by atoms with Crippen LogP contribution < -0.4 is 15.5 Å². The summed E-state index contributed by atoms with van der Waals surface area (Å²) in [7, 11) is 5.91. The van der Waals surface area contributed by atoms with E-state index in [2.05, 4.69) is 76.2 Å². The number of guanidine groups is 1. The zero-order chi connectivity index (χ0) is 17.6. The zero-order valence-corrected chi connectivity index (χ0v) is 16.1. The van der Waals surface area contributed by atoms with Gasteiger partial charge in [-0.15, -0.1) is 11.3 Å². The summed E-state index contributed by atoms with van der Waals surface area (Å²) in [6.45, 7) is 6.09. The van der Waals surface area contributed by atoms with Crippen molar-refractivity contribution in [1.29, 1.82) is 0 Å². The van der Waals surface area contributed by atoms with Gasteiger partial charge in [-0.1, -0.05) is 32.0 Å². The third-order valence-electron chi connectivity index (χ3n) is 4.02. The molecule has 5 heteroatoms. The van der Waals surface area contributed by atoms with Gasteiger partial charge in [-0.3, -0.25) is 4.99 Å². The topological polar surface area (TPSA) is 39.7 Å². The first kappa shape index (κ1) is 18.3. The number of aliphatic imine (C=N–C) groups is 1. The predicted octanol–water partition coefficient (Wildman–Crippen LogP) is 3.46. The van der Waals surface area contributed by atoms with Crippen molar-refractivity contribution in [3.63, 3.8) is 0 Å². The fourth-order valence-electron chi connectivity index (χ4n) is 2.37. The summed E-state index contributed by atoms with van der Waals surface area (Å²) >= 11 is 1.80. The van der Waals surface area contributed by atoms with Crippen molar-refractivity contribution >= 4 is 23.0 Å². The number of nitrogens with one attached hydrogen (secondary N) is 2. The Morgan fingerprint density at radius 3 is 2.38 bits per heavy atom. The van der Waals surface area contributed by atoms with E-state index in [-0.39, 0.29) is 5.41 Å². The Kier molecular flexibility index (Phi) is 6.26. The van der Waals surface area contributed by atoms with Crippen molar-refractivity contribution in [2.45, 2.75) is 25.8 Å². The summed E-state index contributed by atoms with van der Waals surface area (Å²) in [5.74, 6) is 0.830. The molecule has 0 spiro atoms. The molecule has 0 radical (unpaired) electrons. The van der Waals surface area contributed by atoms with Crippen LogP contribution in [-0.2, 0) is 12.0 Å². The van der Waals surface area contributed by atoms with Gasteiger partial charge in [0.1, 0.15) is 0 Å². The van der Waals surface area contributed by atoms with E-state index in [1.807, 2.05) is 21.1 Å². The first-order valence-electron chi connectivity index (χ1n) is 8.17. The minimum Gasteiger partial charge on any atom is -0.378 e. The lowest BCUT2D eigenvalue weighted by Gasteiger charge is -2.25. The number of rotatable bonds is 6. The van der Waals surface area contributed by atoms with Gasteiger partial charge in [0.25, 0.3) is 0 Å². The van der Waals surface area contributed by atoms with E-state index in [4.69, 9.17) is 0 Å². The SMILES string of the molecule is CN=C(NCc1ccc(N(C)C)cc1)NCC(C)(C)c1cccs1. The molecule has 0 unspecified atom stereocenters. The van der Waals surface area contributed by atoms with Crippen LogP contribution in [0.3, 0.4) is 0 Å². The van der Waals surface area contributed by atoms with Crippen LogP contribution in [0.1, 0.15) is 24.3 Å². The van der Waals surface area contributed by atoms with E-state index in [0.29, 0.717) is 0 Å². The number of hydrogen-bond acceptors (Lipinski definition) is 3. The third kappa shape index (κ3) is 4.99. The quantitative estimate of drug-likeness (QED) is 0.623. The van der Waals surface area contributed by atoms with Gasteiger partial charge >= 0.3 is 0 Å². The minimum absolute atomic E-state index is 0.0825. The Labute approximate surface area is 149 Å². The Morgan fingerprint density at radius 2 is 1.83 bits per heavy atom. The maximum absolute atomic E-state index is 4.32. The molecule has 4 nitrogen and oxygen atoms in total. The molecule has 0 aliphatic heterocycles. The molecule has 0 aliphatic carbocycles. The van der Waals surface area contributed by atoms with Crippen LogP contribution in [0.15, 0.2) is 46.8 Å². The number of benzene rings is 1. The van der Waals surface area contributed by atoms with Crippen LogP contribution in [-0.4, -0.2) is 33.6 Å². The van der Waals surface area contributed by atoms with Crippen molar-refractivity contribution < 1.29 is 0 Å². The maximum atomic E-state index is 4.32. The Hall–Kier alpha value is -2.01. The van der Waals surface area contributed by atoms with Crippen LogP contribution in [0.25, 0.3) is 0 Å². The first-order valence-corrected chi connectivity index (χ1v) is 9.05. The molecule has 24 heavy (non-hydrogen) atoms. The Bertz CT molecular complexity index is 643. The third-order valence-corrected chi connectivity index (χ3v) is 5.26. The molecule has 0 aliphatic rings. The molecule has 0 fully saturated rings. The largest absolute Gasteiger partial charge is 0.378 e. The van der Waals surface area contributed by atoms with E-state index < -0.39 is 0 Å². The van der Waals surface area contributed by atoms with Crippen LogP contribution in [0.4, 0.5) is 5.69 Å². The van der Waals surface area contributed by atoms with Gasteiger partial charge in [0, 0.05) is 50.2 Å². The Balaban J connectivity index is 1.86. The molecule has 0 bridgehead atoms. The molecule has 2 rings (SSSR count). The van der Waals surface area contributed by atoms with Gasteiger partial charge in [0.15, 0.2) is 5.96 Å². The molecule has 1 heterocycles. The van der Waals surface area contributed by atoms with Crippen LogP contribution >= 0.6 is 11.3 Å². The van der Waals surface area contributed by atoms with E-state index in [1.54, 1.807) is 11.3 Å². The van der Waals surface area contributed by atoms with Crippen LogP contribution in [0.2, 0.25) is 0 Å². The summed E-state index contributed by atoms with van der Waals surface area (Å²) < 4.78 is 0. The van der Waals surface area contributed by atoms with Gasteiger partial charge in [0.05, 0.1) is 0 Å². The average molecular weight is 345 g/mol. The summed E-state index contributed by atoms with van der Waals surface area (Å²) in [5.41, 5.74) is 2.53. The number of thiophene rings is 1. The summed E-state index contributed by atoms with van der Waals surface area (Å²) in [4.78, 5) is 7.80. The highest BCUT2D eigenvalue weighted by molar-refractivity contribution is 7.10. The molecule has 0 saturated carbocycles. The minimum atomic E-state index is 0.0825. The monoisotopic (exact) mass is 344 g/mol. The van der Waals surface area contributed by atoms with Crippen molar-refractivity contribution in [3.8, 4) is 0 Å². The standard InChI is InChI=1S/C19H28N4S/c1-19(2,17-7-6-12-24-17)14-22-18(20-3)21-13-15-8-10-16(11-9-15)23(4)5/h6-12H,13-14H2,1-5H3,(H2,20,21,22). The molecule has 0 saturated heterocycles. The Morgan fingerprint density at radius 1 is 1.12 bits per heavy atom. The molecular weight excluding hydrogens is 316 g/mol. The second-order valence-corrected chi connectivity index (χ2v) is 7.65. The molecular formula is C19H28N4S. The molecule has 0 amide bonds. The molecule has 1 aromatic carbocycles. The van der Waals surface area contributed by atoms with Crippen LogP contribution in [0.5, 0.6) is 0 Å². The predicted molar refractivity (Wildman–Crippen MR) is 106 cm³/mol. The number of hydrogen-bond donors (Lipinski definition) is 2.